The van der Waals surface area contributed by atoms with E-state index in [1.165, 1.54) is 18.2 Å². The summed E-state index contributed by atoms with van der Waals surface area (Å²) in [7, 11) is 0. The molecule has 1 aromatic heterocycles. The van der Waals surface area contributed by atoms with Gasteiger partial charge in [0.05, 0.1) is 10.6 Å². The van der Waals surface area contributed by atoms with Crippen LogP contribution in [0.2, 0.25) is 5.02 Å². The Labute approximate surface area is 125 Å². The number of benzene rings is 1. The van der Waals surface area contributed by atoms with Crippen molar-refractivity contribution >= 4 is 29.3 Å². The van der Waals surface area contributed by atoms with E-state index in [1.54, 1.807) is 24.5 Å². The third kappa shape index (κ3) is 4.19. The zero-order valence-electron chi connectivity index (χ0n) is 10.8. The van der Waals surface area contributed by atoms with E-state index in [-0.39, 0.29) is 10.6 Å². The lowest BCUT2D eigenvalue weighted by molar-refractivity contribution is 0.0697. The van der Waals surface area contributed by atoms with Crippen molar-refractivity contribution < 1.29 is 14.7 Å². The maximum absolute atomic E-state index is 11.7. The monoisotopic (exact) mass is 305 g/mol. The van der Waals surface area contributed by atoms with Crippen LogP contribution in [0.4, 0.5) is 10.5 Å². The number of carbonyl (C=O) groups excluding carboxylic acids is 1. The second-order valence-electron chi connectivity index (χ2n) is 4.16. The van der Waals surface area contributed by atoms with Gasteiger partial charge in [0.15, 0.2) is 0 Å². The summed E-state index contributed by atoms with van der Waals surface area (Å²) in [5, 5.41) is 14.2. The van der Waals surface area contributed by atoms with Gasteiger partial charge in [-0.25, -0.2) is 9.59 Å². The molecule has 108 valence electrons. The van der Waals surface area contributed by atoms with Crippen LogP contribution >= 0.6 is 11.6 Å². The zero-order chi connectivity index (χ0) is 15.2. The van der Waals surface area contributed by atoms with Crippen LogP contribution in [0.15, 0.2) is 42.7 Å². The molecule has 2 rings (SSSR count). The van der Waals surface area contributed by atoms with E-state index in [1.807, 2.05) is 0 Å². The van der Waals surface area contributed by atoms with Gasteiger partial charge in [0.1, 0.15) is 0 Å². The van der Waals surface area contributed by atoms with Gasteiger partial charge in [0.25, 0.3) is 0 Å². The fourth-order valence-electron chi connectivity index (χ4n) is 1.62. The first-order valence-corrected chi connectivity index (χ1v) is 6.40. The molecule has 0 spiro atoms. The number of carbonyl (C=O) groups is 2. The van der Waals surface area contributed by atoms with Crippen LogP contribution < -0.4 is 10.6 Å². The van der Waals surface area contributed by atoms with Gasteiger partial charge in [-0.3, -0.25) is 4.98 Å². The molecule has 0 saturated heterocycles. The van der Waals surface area contributed by atoms with Crippen LogP contribution in [0.3, 0.4) is 0 Å². The lowest BCUT2D eigenvalue weighted by Gasteiger charge is -2.08. The number of halogens is 1. The second kappa shape index (κ2) is 6.71. The number of nitrogens with zero attached hydrogens (tertiary/aromatic N) is 1. The summed E-state index contributed by atoms with van der Waals surface area (Å²) in [4.78, 5) is 26.4. The summed E-state index contributed by atoms with van der Waals surface area (Å²) in [5.41, 5.74) is 1.32. The van der Waals surface area contributed by atoms with Crippen molar-refractivity contribution in [3.8, 4) is 0 Å². The second-order valence-corrected chi connectivity index (χ2v) is 4.57. The van der Waals surface area contributed by atoms with Crippen LogP contribution in [0.1, 0.15) is 15.9 Å². The summed E-state index contributed by atoms with van der Waals surface area (Å²) >= 11 is 5.82. The number of carboxylic acid groups (broad SMARTS) is 1. The molecule has 0 saturated carbocycles. The van der Waals surface area contributed by atoms with Crippen LogP contribution in [0.5, 0.6) is 0 Å². The summed E-state index contributed by atoms with van der Waals surface area (Å²) in [6, 6.07) is 7.37. The summed E-state index contributed by atoms with van der Waals surface area (Å²) in [5.74, 6) is -1.12. The van der Waals surface area contributed by atoms with Gasteiger partial charge in [-0.1, -0.05) is 11.6 Å². The maximum Gasteiger partial charge on any atom is 0.337 e. The number of aromatic nitrogens is 1. The molecule has 7 heteroatoms. The number of anilines is 1. The van der Waals surface area contributed by atoms with E-state index >= 15 is 0 Å². The fraction of sp³-hybridized carbons (Fsp3) is 0.0714. The highest BCUT2D eigenvalue weighted by Gasteiger charge is 2.10. The molecular weight excluding hydrogens is 294 g/mol. The Balaban J connectivity index is 1.94. The topological polar surface area (TPSA) is 91.3 Å². The van der Waals surface area contributed by atoms with E-state index in [0.717, 1.165) is 5.56 Å². The molecule has 0 aliphatic heterocycles. The van der Waals surface area contributed by atoms with E-state index in [4.69, 9.17) is 16.7 Å². The van der Waals surface area contributed by atoms with E-state index in [9.17, 15) is 9.59 Å². The van der Waals surface area contributed by atoms with E-state index < -0.39 is 12.0 Å². The number of hydrogen-bond donors (Lipinski definition) is 3. The Morgan fingerprint density at radius 1 is 1.19 bits per heavy atom. The minimum Gasteiger partial charge on any atom is -0.478 e. The Hall–Kier alpha value is -2.60. The summed E-state index contributed by atoms with van der Waals surface area (Å²) in [6.45, 7) is 0.356. The van der Waals surface area contributed by atoms with Gasteiger partial charge in [0, 0.05) is 24.6 Å². The highest BCUT2D eigenvalue weighted by molar-refractivity contribution is 6.33. The molecule has 0 radical (unpaired) electrons. The van der Waals surface area contributed by atoms with Crippen LogP contribution in [0.25, 0.3) is 0 Å². The van der Waals surface area contributed by atoms with Gasteiger partial charge >= 0.3 is 12.0 Å². The smallest absolute Gasteiger partial charge is 0.337 e. The third-order valence-corrected chi connectivity index (χ3v) is 2.97. The van der Waals surface area contributed by atoms with Crippen molar-refractivity contribution in [3.05, 3.63) is 58.9 Å². The number of carboxylic acids is 1. The summed E-state index contributed by atoms with van der Waals surface area (Å²) in [6.07, 6.45) is 3.28. The highest BCUT2D eigenvalue weighted by atomic mass is 35.5. The van der Waals surface area contributed by atoms with Crippen LogP contribution in [-0.4, -0.2) is 22.1 Å². The molecule has 0 unspecified atom stereocenters. The molecule has 0 aliphatic carbocycles. The molecule has 6 nitrogen and oxygen atoms in total. The van der Waals surface area contributed by atoms with Gasteiger partial charge in [-0.05, 0) is 35.9 Å². The molecule has 21 heavy (non-hydrogen) atoms. The first-order chi connectivity index (χ1) is 10.1. The van der Waals surface area contributed by atoms with Crippen molar-refractivity contribution in [2.45, 2.75) is 6.54 Å². The van der Waals surface area contributed by atoms with Crippen molar-refractivity contribution in [2.24, 2.45) is 0 Å². The Bertz CT molecular complexity index is 662. The maximum atomic E-state index is 11.7. The Morgan fingerprint density at radius 2 is 1.90 bits per heavy atom. The quantitative estimate of drug-likeness (QED) is 0.810. The zero-order valence-corrected chi connectivity index (χ0v) is 11.6. The molecular formula is C14H12ClN3O3. The number of nitrogens with one attached hydrogen (secondary N) is 2. The minimum absolute atomic E-state index is 0.0144. The number of amides is 2. The van der Waals surface area contributed by atoms with Gasteiger partial charge in [-0.2, -0.15) is 0 Å². The first kappa shape index (κ1) is 14.8. The van der Waals surface area contributed by atoms with Crippen molar-refractivity contribution in [1.82, 2.24) is 10.3 Å². The standard InChI is InChI=1S/C14H12ClN3O3/c15-12-7-10(1-2-11(12)13(19)20)18-14(21)17-8-9-3-5-16-6-4-9/h1-7H,8H2,(H,19,20)(H2,17,18,21). The average molecular weight is 306 g/mol. The molecule has 2 aromatic rings. The number of pyridine rings is 1. The molecule has 0 bridgehead atoms. The minimum atomic E-state index is -1.12. The lowest BCUT2D eigenvalue weighted by Crippen LogP contribution is -2.28. The normalized spacial score (nSPS) is 9.95. The van der Waals surface area contributed by atoms with Gasteiger partial charge in [-0.15, -0.1) is 0 Å². The fourth-order valence-corrected chi connectivity index (χ4v) is 1.89. The molecule has 2 amide bonds. The van der Waals surface area contributed by atoms with E-state index in [2.05, 4.69) is 15.6 Å². The molecule has 0 atom stereocenters. The molecule has 0 fully saturated rings. The molecule has 0 aliphatic rings. The summed E-state index contributed by atoms with van der Waals surface area (Å²) < 4.78 is 0. The number of aromatic carboxylic acids is 1. The number of urea groups is 1. The average Bonchev–Trinajstić information content (AvgIpc) is 2.46. The van der Waals surface area contributed by atoms with Crippen molar-refractivity contribution in [3.63, 3.8) is 0 Å². The Kier molecular flexibility index (Phi) is 4.73. The lowest BCUT2D eigenvalue weighted by atomic mass is 10.2. The number of rotatable bonds is 4. The predicted octanol–water partition coefficient (Wildman–Crippen LogP) is 2.75. The first-order valence-electron chi connectivity index (χ1n) is 6.03. The van der Waals surface area contributed by atoms with Gasteiger partial charge < -0.3 is 15.7 Å². The van der Waals surface area contributed by atoms with Crippen molar-refractivity contribution in [2.75, 3.05) is 5.32 Å². The Morgan fingerprint density at radius 3 is 2.52 bits per heavy atom. The largest absolute Gasteiger partial charge is 0.478 e. The molecule has 3 N–H and O–H groups in total. The van der Waals surface area contributed by atoms with Crippen LogP contribution in [-0.2, 0) is 6.54 Å². The van der Waals surface area contributed by atoms with Crippen molar-refractivity contribution in [1.29, 1.82) is 0 Å². The van der Waals surface area contributed by atoms with E-state index in [0.29, 0.717) is 12.2 Å². The SMILES string of the molecule is O=C(NCc1ccncc1)Nc1ccc(C(=O)O)c(Cl)c1. The number of hydrogen-bond acceptors (Lipinski definition) is 3. The predicted molar refractivity (Wildman–Crippen MR) is 78.5 cm³/mol. The van der Waals surface area contributed by atoms with Crippen LogP contribution in [0, 0.1) is 0 Å². The molecule has 1 aromatic carbocycles. The third-order valence-electron chi connectivity index (χ3n) is 2.66. The van der Waals surface area contributed by atoms with Gasteiger partial charge in [0.2, 0.25) is 0 Å². The highest BCUT2D eigenvalue weighted by Crippen LogP contribution is 2.20. The molecule has 1 heterocycles.